The molecule has 0 spiro atoms. The highest BCUT2D eigenvalue weighted by molar-refractivity contribution is 7.92. The van der Waals surface area contributed by atoms with Crippen LogP contribution in [0.3, 0.4) is 0 Å². The van der Waals surface area contributed by atoms with E-state index < -0.39 is 21.0 Å². The van der Waals surface area contributed by atoms with Gasteiger partial charge in [-0.2, -0.15) is 0 Å². The van der Waals surface area contributed by atoms with Gasteiger partial charge in [0.1, 0.15) is 0 Å². The van der Waals surface area contributed by atoms with E-state index in [-0.39, 0.29) is 16.7 Å². The second-order valence-electron chi connectivity index (χ2n) is 7.18. The molecule has 5 nitrogen and oxygen atoms in total. The zero-order valence-electron chi connectivity index (χ0n) is 14.1. The predicted molar refractivity (Wildman–Crippen MR) is 93.5 cm³/mol. The van der Waals surface area contributed by atoms with Gasteiger partial charge in [0.05, 0.1) is 10.1 Å². The van der Waals surface area contributed by atoms with Gasteiger partial charge in [-0.1, -0.05) is 51.1 Å². The van der Waals surface area contributed by atoms with Crippen LogP contribution in [-0.2, 0) is 14.6 Å². The van der Waals surface area contributed by atoms with Crippen LogP contribution in [0.5, 0.6) is 0 Å². The summed E-state index contributed by atoms with van der Waals surface area (Å²) in [6.45, 7) is 5.77. The van der Waals surface area contributed by atoms with Crippen LogP contribution >= 0.6 is 0 Å². The molecule has 6 heteroatoms. The van der Waals surface area contributed by atoms with Gasteiger partial charge in [-0.3, -0.25) is 10.0 Å². The van der Waals surface area contributed by atoms with Crippen LogP contribution in [0.25, 0.3) is 10.8 Å². The molecule has 0 aliphatic carbocycles. The third kappa shape index (κ3) is 4.33. The maximum atomic E-state index is 13.0. The molecule has 1 atom stereocenters. The van der Waals surface area contributed by atoms with Crippen molar-refractivity contribution in [2.45, 2.75) is 43.8 Å². The van der Waals surface area contributed by atoms with Gasteiger partial charge in [0.25, 0.3) is 0 Å². The van der Waals surface area contributed by atoms with E-state index in [1.54, 1.807) is 18.2 Å². The first-order valence-electron chi connectivity index (χ1n) is 7.79. The van der Waals surface area contributed by atoms with Gasteiger partial charge in [-0.05, 0) is 34.7 Å². The fraction of sp³-hybridized carbons (Fsp3) is 0.389. The summed E-state index contributed by atoms with van der Waals surface area (Å²) < 4.78 is 26.1. The van der Waals surface area contributed by atoms with Gasteiger partial charge >= 0.3 is 0 Å². The molecule has 0 bridgehead atoms. The van der Waals surface area contributed by atoms with E-state index >= 15 is 0 Å². The molecular weight excluding hydrogens is 326 g/mol. The lowest BCUT2D eigenvalue weighted by Gasteiger charge is -2.25. The Bertz CT molecular complexity index is 837. The van der Waals surface area contributed by atoms with Crippen molar-refractivity contribution < 1.29 is 18.4 Å². The molecule has 0 saturated heterocycles. The van der Waals surface area contributed by atoms with Gasteiger partial charge in [0.2, 0.25) is 5.91 Å². The van der Waals surface area contributed by atoms with Gasteiger partial charge in [0, 0.05) is 6.42 Å². The van der Waals surface area contributed by atoms with E-state index in [1.165, 1.54) is 5.48 Å². The van der Waals surface area contributed by atoms with E-state index in [0.717, 1.165) is 10.8 Å². The summed E-state index contributed by atoms with van der Waals surface area (Å²) in [6, 6.07) is 12.5. The topological polar surface area (TPSA) is 83.5 Å². The SMILES string of the molecule is CC(C)(C)CC(CC(=O)NO)S(=O)(=O)c1ccc2ccccc2c1. The lowest BCUT2D eigenvalue weighted by Crippen LogP contribution is -2.33. The minimum absolute atomic E-state index is 0.196. The molecule has 0 heterocycles. The van der Waals surface area contributed by atoms with Crippen LogP contribution in [0.15, 0.2) is 47.4 Å². The number of hydroxylamine groups is 1. The maximum absolute atomic E-state index is 13.0. The monoisotopic (exact) mass is 349 g/mol. The Balaban J connectivity index is 2.45. The minimum Gasteiger partial charge on any atom is -0.289 e. The normalized spacial score (nSPS) is 13.7. The molecule has 0 saturated carbocycles. The molecule has 0 aliphatic heterocycles. The Morgan fingerprint density at radius 3 is 2.33 bits per heavy atom. The molecule has 0 aromatic heterocycles. The second kappa shape index (κ2) is 6.91. The van der Waals surface area contributed by atoms with E-state index in [1.807, 2.05) is 45.0 Å². The van der Waals surface area contributed by atoms with E-state index in [9.17, 15) is 13.2 Å². The van der Waals surface area contributed by atoms with E-state index in [4.69, 9.17) is 5.21 Å². The van der Waals surface area contributed by atoms with Crippen LogP contribution in [0, 0.1) is 5.41 Å². The lowest BCUT2D eigenvalue weighted by molar-refractivity contribution is -0.129. The van der Waals surface area contributed by atoms with Crippen molar-refractivity contribution in [3.63, 3.8) is 0 Å². The molecule has 2 aromatic rings. The van der Waals surface area contributed by atoms with Gasteiger partial charge in [-0.15, -0.1) is 0 Å². The molecule has 1 unspecified atom stereocenters. The zero-order valence-corrected chi connectivity index (χ0v) is 14.9. The summed E-state index contributed by atoms with van der Waals surface area (Å²) in [7, 11) is -3.70. The summed E-state index contributed by atoms with van der Waals surface area (Å²) in [6.07, 6.45) is 0.0402. The Morgan fingerprint density at radius 1 is 1.12 bits per heavy atom. The molecule has 2 aromatic carbocycles. The first kappa shape index (κ1) is 18.4. The lowest BCUT2D eigenvalue weighted by atomic mass is 9.89. The third-order valence-electron chi connectivity index (χ3n) is 3.87. The number of rotatable bonds is 5. The first-order chi connectivity index (χ1) is 11.1. The molecule has 2 rings (SSSR count). The number of fused-ring (bicyclic) bond motifs is 1. The fourth-order valence-corrected chi connectivity index (χ4v) is 4.79. The van der Waals surface area contributed by atoms with Crippen molar-refractivity contribution in [2.75, 3.05) is 0 Å². The van der Waals surface area contributed by atoms with Crippen LogP contribution in [-0.4, -0.2) is 24.8 Å². The summed E-state index contributed by atoms with van der Waals surface area (Å²) in [5, 5.41) is 9.66. The number of amides is 1. The van der Waals surface area contributed by atoms with Crippen molar-refractivity contribution in [3.8, 4) is 0 Å². The van der Waals surface area contributed by atoms with Crippen molar-refractivity contribution in [1.82, 2.24) is 5.48 Å². The fourth-order valence-electron chi connectivity index (χ4n) is 2.76. The number of nitrogens with one attached hydrogen (secondary N) is 1. The van der Waals surface area contributed by atoms with Gasteiger partial charge in [0.15, 0.2) is 9.84 Å². The van der Waals surface area contributed by atoms with Crippen molar-refractivity contribution in [3.05, 3.63) is 42.5 Å². The molecule has 0 radical (unpaired) electrons. The van der Waals surface area contributed by atoms with Gasteiger partial charge in [-0.25, -0.2) is 13.9 Å². The number of sulfone groups is 1. The smallest absolute Gasteiger partial charge is 0.244 e. The highest BCUT2D eigenvalue weighted by Gasteiger charge is 2.33. The van der Waals surface area contributed by atoms with Crippen LogP contribution in [0.2, 0.25) is 0 Å². The summed E-state index contributed by atoms with van der Waals surface area (Å²) >= 11 is 0. The number of benzene rings is 2. The first-order valence-corrected chi connectivity index (χ1v) is 9.34. The van der Waals surface area contributed by atoms with Crippen molar-refractivity contribution in [2.24, 2.45) is 5.41 Å². The Morgan fingerprint density at radius 2 is 1.75 bits per heavy atom. The molecule has 0 aliphatic rings. The summed E-state index contributed by atoms with van der Waals surface area (Å²) in [5.41, 5.74) is 1.26. The largest absolute Gasteiger partial charge is 0.289 e. The maximum Gasteiger partial charge on any atom is 0.244 e. The average Bonchev–Trinajstić information content (AvgIpc) is 2.52. The van der Waals surface area contributed by atoms with E-state index in [0.29, 0.717) is 6.42 Å². The highest BCUT2D eigenvalue weighted by Crippen LogP contribution is 2.31. The standard InChI is InChI=1S/C18H23NO4S/c1-18(2,3)12-16(11-17(20)19-21)24(22,23)15-9-8-13-6-4-5-7-14(13)10-15/h4-10,16,21H,11-12H2,1-3H3,(H,19,20). The zero-order chi connectivity index (χ0) is 18.0. The number of hydrogen-bond acceptors (Lipinski definition) is 4. The quantitative estimate of drug-likeness (QED) is 0.641. The molecular formula is C18H23NO4S. The molecule has 130 valence electrons. The van der Waals surface area contributed by atoms with Crippen molar-refractivity contribution >= 4 is 26.5 Å². The number of carbonyl (C=O) groups is 1. The second-order valence-corrected chi connectivity index (χ2v) is 9.41. The highest BCUT2D eigenvalue weighted by atomic mass is 32.2. The molecule has 2 N–H and O–H groups in total. The van der Waals surface area contributed by atoms with Crippen LogP contribution in [0.1, 0.15) is 33.6 Å². The summed E-state index contributed by atoms with van der Waals surface area (Å²) in [5.74, 6) is -0.700. The number of carbonyl (C=O) groups excluding carboxylic acids is 1. The van der Waals surface area contributed by atoms with E-state index in [2.05, 4.69) is 0 Å². The number of hydrogen-bond donors (Lipinski definition) is 2. The average molecular weight is 349 g/mol. The van der Waals surface area contributed by atoms with Gasteiger partial charge < -0.3 is 0 Å². The Labute approximate surface area is 142 Å². The third-order valence-corrected chi connectivity index (χ3v) is 5.99. The Kier molecular flexibility index (Phi) is 5.30. The minimum atomic E-state index is -3.70. The van der Waals surface area contributed by atoms with Crippen LogP contribution in [0.4, 0.5) is 0 Å². The Hall–Kier alpha value is -1.92. The molecule has 24 heavy (non-hydrogen) atoms. The van der Waals surface area contributed by atoms with Crippen molar-refractivity contribution in [1.29, 1.82) is 0 Å². The summed E-state index contributed by atoms with van der Waals surface area (Å²) in [4.78, 5) is 11.8. The molecule has 1 amide bonds. The predicted octanol–water partition coefficient (Wildman–Crippen LogP) is 3.31. The molecule has 0 fully saturated rings. The van der Waals surface area contributed by atoms with Crippen LogP contribution < -0.4 is 5.48 Å².